The molecule has 0 aromatic carbocycles. The third-order valence-corrected chi connectivity index (χ3v) is 6.28. The summed E-state index contributed by atoms with van der Waals surface area (Å²) in [5, 5.41) is 14.1. The van der Waals surface area contributed by atoms with Crippen LogP contribution in [0.4, 0.5) is 0 Å². The Kier molecular flexibility index (Phi) is 5.58. The molecule has 1 heterocycles. The second-order valence-electron chi connectivity index (χ2n) is 7.68. The lowest BCUT2D eigenvalue weighted by atomic mass is 9.89. The fraction of sp³-hybridized carbons (Fsp3) is 1.00. The molecule has 0 radical (unpaired) electrons. The lowest BCUT2D eigenvalue weighted by Crippen LogP contribution is -2.52. The van der Waals surface area contributed by atoms with Crippen LogP contribution in [0, 0.1) is 5.92 Å². The van der Waals surface area contributed by atoms with Crippen LogP contribution in [0.25, 0.3) is 0 Å². The van der Waals surface area contributed by atoms with Crippen molar-refractivity contribution in [1.29, 1.82) is 0 Å². The summed E-state index contributed by atoms with van der Waals surface area (Å²) in [4.78, 5) is 2.57. The molecule has 3 aliphatic rings. The second kappa shape index (κ2) is 7.43. The molecule has 0 amide bonds. The molecule has 3 heteroatoms. The molecule has 4 unspecified atom stereocenters. The van der Waals surface area contributed by atoms with E-state index in [9.17, 15) is 5.11 Å². The van der Waals surface area contributed by atoms with Crippen LogP contribution in [-0.4, -0.2) is 47.3 Å². The van der Waals surface area contributed by atoms with Crippen LogP contribution in [0.3, 0.4) is 0 Å². The molecule has 0 aromatic heterocycles. The summed E-state index contributed by atoms with van der Waals surface area (Å²) in [6.07, 6.45) is 12.8. The third-order valence-electron chi connectivity index (χ3n) is 6.28. The van der Waals surface area contributed by atoms with Crippen LogP contribution in [0.5, 0.6) is 0 Å². The summed E-state index contributed by atoms with van der Waals surface area (Å²) in [6.45, 7) is 4.70. The van der Waals surface area contributed by atoms with Gasteiger partial charge in [-0.25, -0.2) is 0 Å². The maximum absolute atomic E-state index is 10.2. The van der Waals surface area contributed by atoms with Crippen molar-refractivity contribution in [2.75, 3.05) is 13.1 Å². The fourth-order valence-electron chi connectivity index (χ4n) is 4.85. The van der Waals surface area contributed by atoms with Gasteiger partial charge in [-0.3, -0.25) is 4.90 Å². The Balaban J connectivity index is 1.41. The number of aliphatic hydroxyl groups excluding tert-OH is 1. The number of piperidine rings is 1. The molecular formula is C18H34N2O. The molecule has 3 nitrogen and oxygen atoms in total. The van der Waals surface area contributed by atoms with Gasteiger partial charge in [0.25, 0.3) is 0 Å². The van der Waals surface area contributed by atoms with Crippen molar-refractivity contribution in [3.05, 3.63) is 0 Å². The Morgan fingerprint density at radius 2 is 1.71 bits per heavy atom. The van der Waals surface area contributed by atoms with Crippen LogP contribution in [0.2, 0.25) is 0 Å². The third kappa shape index (κ3) is 4.00. The average molecular weight is 294 g/mol. The average Bonchev–Trinajstić information content (AvgIpc) is 2.96. The SMILES string of the molecule is CCC1CCC(NC2CCN(C3CCCCC3O)CC2)C1. The van der Waals surface area contributed by atoms with Crippen LogP contribution >= 0.6 is 0 Å². The van der Waals surface area contributed by atoms with E-state index >= 15 is 0 Å². The maximum Gasteiger partial charge on any atom is 0.0695 e. The number of rotatable bonds is 4. The van der Waals surface area contributed by atoms with Gasteiger partial charge in [-0.15, -0.1) is 0 Å². The van der Waals surface area contributed by atoms with Crippen molar-refractivity contribution in [2.45, 2.75) is 95.4 Å². The van der Waals surface area contributed by atoms with Gasteiger partial charge in [-0.1, -0.05) is 26.2 Å². The van der Waals surface area contributed by atoms with Gasteiger partial charge in [0.05, 0.1) is 6.10 Å². The van der Waals surface area contributed by atoms with E-state index in [1.54, 1.807) is 0 Å². The largest absolute Gasteiger partial charge is 0.391 e. The highest BCUT2D eigenvalue weighted by Gasteiger charge is 2.32. The monoisotopic (exact) mass is 294 g/mol. The molecule has 21 heavy (non-hydrogen) atoms. The van der Waals surface area contributed by atoms with Crippen LogP contribution in [0.15, 0.2) is 0 Å². The highest BCUT2D eigenvalue weighted by atomic mass is 16.3. The van der Waals surface area contributed by atoms with E-state index < -0.39 is 0 Å². The molecule has 0 aromatic rings. The molecule has 1 aliphatic heterocycles. The van der Waals surface area contributed by atoms with Crippen molar-refractivity contribution in [1.82, 2.24) is 10.2 Å². The number of aliphatic hydroxyl groups is 1. The molecular weight excluding hydrogens is 260 g/mol. The topological polar surface area (TPSA) is 35.5 Å². The Morgan fingerprint density at radius 3 is 2.38 bits per heavy atom. The molecule has 0 spiro atoms. The summed E-state index contributed by atoms with van der Waals surface area (Å²) in [5.41, 5.74) is 0. The maximum atomic E-state index is 10.2. The molecule has 0 bridgehead atoms. The van der Waals surface area contributed by atoms with E-state index in [1.165, 1.54) is 70.9 Å². The summed E-state index contributed by atoms with van der Waals surface area (Å²) >= 11 is 0. The lowest BCUT2D eigenvalue weighted by Gasteiger charge is -2.42. The van der Waals surface area contributed by atoms with Gasteiger partial charge >= 0.3 is 0 Å². The normalized spacial score (nSPS) is 39.7. The summed E-state index contributed by atoms with van der Waals surface area (Å²) in [7, 11) is 0. The smallest absolute Gasteiger partial charge is 0.0695 e. The molecule has 3 fully saturated rings. The number of nitrogens with zero attached hydrogens (tertiary/aromatic N) is 1. The van der Waals surface area contributed by atoms with Crippen molar-refractivity contribution in [2.24, 2.45) is 5.92 Å². The van der Waals surface area contributed by atoms with Gasteiger partial charge in [0.15, 0.2) is 0 Å². The number of likely N-dealkylation sites (tertiary alicyclic amines) is 1. The molecule has 2 aliphatic carbocycles. The zero-order valence-corrected chi connectivity index (χ0v) is 13.8. The first-order chi connectivity index (χ1) is 10.3. The number of hydrogen-bond acceptors (Lipinski definition) is 3. The summed E-state index contributed by atoms with van der Waals surface area (Å²) < 4.78 is 0. The van der Waals surface area contributed by atoms with E-state index in [4.69, 9.17) is 0 Å². The molecule has 4 atom stereocenters. The highest BCUT2D eigenvalue weighted by molar-refractivity contribution is 4.89. The van der Waals surface area contributed by atoms with E-state index in [0.29, 0.717) is 6.04 Å². The predicted octanol–water partition coefficient (Wildman–Crippen LogP) is 2.92. The fourth-order valence-corrected chi connectivity index (χ4v) is 4.85. The van der Waals surface area contributed by atoms with Gasteiger partial charge in [0.2, 0.25) is 0 Å². The quantitative estimate of drug-likeness (QED) is 0.837. The Bertz CT molecular complexity index is 314. The van der Waals surface area contributed by atoms with E-state index in [-0.39, 0.29) is 6.10 Å². The second-order valence-corrected chi connectivity index (χ2v) is 7.68. The zero-order chi connectivity index (χ0) is 14.7. The minimum Gasteiger partial charge on any atom is -0.391 e. The van der Waals surface area contributed by atoms with Gasteiger partial charge < -0.3 is 10.4 Å². The van der Waals surface area contributed by atoms with Crippen molar-refractivity contribution in [3.63, 3.8) is 0 Å². The van der Waals surface area contributed by atoms with Crippen LogP contribution in [0.1, 0.15) is 71.1 Å². The van der Waals surface area contributed by atoms with Gasteiger partial charge in [-0.2, -0.15) is 0 Å². The van der Waals surface area contributed by atoms with Crippen molar-refractivity contribution < 1.29 is 5.11 Å². The minimum absolute atomic E-state index is 0.0663. The van der Waals surface area contributed by atoms with E-state index in [1.807, 2.05) is 0 Å². The molecule has 1 saturated heterocycles. The highest BCUT2D eigenvalue weighted by Crippen LogP contribution is 2.30. The molecule has 2 N–H and O–H groups in total. The van der Waals surface area contributed by atoms with E-state index in [2.05, 4.69) is 17.1 Å². The van der Waals surface area contributed by atoms with Gasteiger partial charge in [-0.05, 0) is 50.9 Å². The number of hydrogen-bond donors (Lipinski definition) is 2. The lowest BCUT2D eigenvalue weighted by molar-refractivity contribution is 0.00663. The predicted molar refractivity (Wildman–Crippen MR) is 87.4 cm³/mol. The number of nitrogens with one attached hydrogen (secondary N) is 1. The first kappa shape index (κ1) is 15.8. The van der Waals surface area contributed by atoms with Crippen molar-refractivity contribution >= 4 is 0 Å². The zero-order valence-electron chi connectivity index (χ0n) is 13.8. The van der Waals surface area contributed by atoms with Crippen LogP contribution in [-0.2, 0) is 0 Å². The molecule has 3 rings (SSSR count). The first-order valence-corrected chi connectivity index (χ1v) is 9.44. The van der Waals surface area contributed by atoms with Crippen molar-refractivity contribution in [3.8, 4) is 0 Å². The summed E-state index contributed by atoms with van der Waals surface area (Å²) in [6, 6.07) is 1.96. The Labute approximate surface area is 130 Å². The molecule has 2 saturated carbocycles. The first-order valence-electron chi connectivity index (χ1n) is 9.44. The van der Waals surface area contributed by atoms with Crippen LogP contribution < -0.4 is 5.32 Å². The Morgan fingerprint density at radius 1 is 0.952 bits per heavy atom. The van der Waals surface area contributed by atoms with E-state index in [0.717, 1.165) is 24.4 Å². The standard InChI is InChI=1S/C18H34N2O/c1-2-14-7-8-16(13-14)19-15-9-11-20(12-10-15)17-5-3-4-6-18(17)21/h14-19,21H,2-13H2,1H3. The van der Waals surface area contributed by atoms with Gasteiger partial charge in [0, 0.05) is 31.2 Å². The van der Waals surface area contributed by atoms with Gasteiger partial charge in [0.1, 0.15) is 0 Å². The summed E-state index contributed by atoms with van der Waals surface area (Å²) in [5.74, 6) is 0.972. The molecule has 122 valence electrons. The minimum atomic E-state index is -0.0663. The Hall–Kier alpha value is -0.120.